The number of fused-ring (bicyclic) bond motifs is 1. The van der Waals surface area contributed by atoms with Crippen molar-refractivity contribution in [3.05, 3.63) is 180 Å². The van der Waals surface area contributed by atoms with Gasteiger partial charge in [-0.1, -0.05) is 140 Å². The summed E-state index contributed by atoms with van der Waals surface area (Å²) in [5.41, 5.74) is 2.91. The number of hydrogen-bond acceptors (Lipinski definition) is 8. The molecule has 1 heterocycles. The highest BCUT2D eigenvalue weighted by Crippen LogP contribution is 2.37. The summed E-state index contributed by atoms with van der Waals surface area (Å²) in [6.07, 6.45) is -0.335. The van der Waals surface area contributed by atoms with Gasteiger partial charge in [-0.3, -0.25) is 14.4 Å². The summed E-state index contributed by atoms with van der Waals surface area (Å²) < 4.78 is 16.7. The van der Waals surface area contributed by atoms with Crippen molar-refractivity contribution in [3.63, 3.8) is 0 Å². The van der Waals surface area contributed by atoms with Crippen molar-refractivity contribution in [3.8, 4) is 0 Å². The first-order chi connectivity index (χ1) is 31.3. The van der Waals surface area contributed by atoms with Crippen LogP contribution in [0.5, 0.6) is 0 Å². The van der Waals surface area contributed by atoms with Crippen LogP contribution in [0.1, 0.15) is 68.4 Å². The summed E-state index contributed by atoms with van der Waals surface area (Å²) in [5.74, 6) is -2.63. The Balaban J connectivity index is 1.25. The van der Waals surface area contributed by atoms with E-state index in [9.17, 15) is 24.0 Å². The molecular formula is C52H57N5O8. The molecule has 65 heavy (non-hydrogen) atoms. The smallest absolute Gasteiger partial charge is 0.408 e. The molecule has 0 aliphatic rings. The molecule has 6 rings (SSSR count). The third-order valence-electron chi connectivity index (χ3n) is 10.9. The van der Waals surface area contributed by atoms with Crippen LogP contribution in [-0.2, 0) is 52.0 Å². The summed E-state index contributed by atoms with van der Waals surface area (Å²) in [6.45, 7) is 7.05. The average Bonchev–Trinajstić information content (AvgIpc) is 3.73. The molecule has 338 valence electrons. The summed E-state index contributed by atoms with van der Waals surface area (Å²) in [4.78, 5) is 73.0. The van der Waals surface area contributed by atoms with Crippen LogP contribution in [0.3, 0.4) is 0 Å². The zero-order valence-corrected chi connectivity index (χ0v) is 37.3. The molecule has 1 aromatic heterocycles. The first-order valence-corrected chi connectivity index (χ1v) is 21.6. The minimum Gasteiger partial charge on any atom is -0.467 e. The number of alkyl carbamates (subject to hydrolysis) is 1. The van der Waals surface area contributed by atoms with Crippen molar-refractivity contribution >= 4 is 40.7 Å². The predicted octanol–water partition coefficient (Wildman–Crippen LogP) is 7.24. The van der Waals surface area contributed by atoms with Crippen LogP contribution in [0.2, 0.25) is 0 Å². The fourth-order valence-electron chi connectivity index (χ4n) is 7.90. The third kappa shape index (κ3) is 12.5. The van der Waals surface area contributed by atoms with Gasteiger partial charge >= 0.3 is 12.1 Å². The zero-order valence-electron chi connectivity index (χ0n) is 37.3. The molecular weight excluding hydrogens is 823 g/mol. The number of amides is 4. The number of para-hydroxylation sites is 1. The molecule has 0 spiro atoms. The lowest BCUT2D eigenvalue weighted by Gasteiger charge is -2.37. The lowest BCUT2D eigenvalue weighted by Crippen LogP contribution is -2.59. The van der Waals surface area contributed by atoms with Gasteiger partial charge in [0.15, 0.2) is 0 Å². The topological polar surface area (TPSA) is 177 Å². The maximum absolute atomic E-state index is 14.5. The Morgan fingerprint density at radius 2 is 1.17 bits per heavy atom. The number of benzene rings is 5. The molecule has 0 aliphatic carbocycles. The standard InChI is InChI=1S/C52H57N5O8/c1-35(65-51(2,3)4)46(56-50(62)64-34-36-20-10-6-11-21-36)48(60)55-44(32-37-33-53-42-29-19-18-28-41(37)42)47(59)54-43(49(61)63-5)30-31-45(58)57-52(38-22-12-7-13-23-38,39-24-14-8-15-25-39)40-26-16-9-17-27-40/h6-29,33,35,43-44,46,53H,30-32,34H2,1-5H3,(H,54,59)(H,55,60)(H,56,62)(H,57,58)/t35-,43+,44+,46+/m1/s1. The fraction of sp³-hybridized carbons (Fsp3) is 0.288. The van der Waals surface area contributed by atoms with Gasteiger partial charge in [0.2, 0.25) is 17.7 Å². The van der Waals surface area contributed by atoms with E-state index in [0.29, 0.717) is 5.56 Å². The quantitative estimate of drug-likeness (QED) is 0.0418. The Kier molecular flexibility index (Phi) is 15.9. The van der Waals surface area contributed by atoms with Crippen LogP contribution in [0, 0.1) is 0 Å². The van der Waals surface area contributed by atoms with E-state index in [1.54, 1.807) is 25.3 Å². The van der Waals surface area contributed by atoms with Crippen molar-refractivity contribution in [2.75, 3.05) is 7.11 Å². The van der Waals surface area contributed by atoms with E-state index >= 15 is 0 Å². The second-order valence-electron chi connectivity index (χ2n) is 16.8. The molecule has 0 radical (unpaired) electrons. The zero-order chi connectivity index (χ0) is 46.4. The Morgan fingerprint density at radius 1 is 0.646 bits per heavy atom. The minimum atomic E-state index is -1.31. The molecule has 5 aromatic carbocycles. The minimum absolute atomic E-state index is 0.0105. The van der Waals surface area contributed by atoms with Gasteiger partial charge in [-0.25, -0.2) is 9.59 Å². The normalized spacial score (nSPS) is 13.4. The fourth-order valence-corrected chi connectivity index (χ4v) is 7.90. The van der Waals surface area contributed by atoms with Gasteiger partial charge in [0, 0.05) is 29.9 Å². The average molecular weight is 880 g/mol. The molecule has 0 bridgehead atoms. The molecule has 0 unspecified atom stereocenters. The maximum atomic E-state index is 14.5. The highest BCUT2D eigenvalue weighted by atomic mass is 16.6. The van der Waals surface area contributed by atoms with E-state index in [1.807, 2.05) is 154 Å². The van der Waals surface area contributed by atoms with E-state index in [-0.39, 0.29) is 25.9 Å². The molecule has 0 saturated carbocycles. The van der Waals surface area contributed by atoms with Crippen LogP contribution in [0.4, 0.5) is 4.79 Å². The molecule has 0 aliphatic heterocycles. The van der Waals surface area contributed by atoms with Gasteiger partial charge < -0.3 is 40.5 Å². The summed E-state index contributed by atoms with van der Waals surface area (Å²) >= 11 is 0. The van der Waals surface area contributed by atoms with Crippen LogP contribution in [0.25, 0.3) is 10.9 Å². The molecule has 0 saturated heterocycles. The number of H-pyrrole nitrogens is 1. The summed E-state index contributed by atoms with van der Waals surface area (Å²) in [6, 6.07) is 41.6. The van der Waals surface area contributed by atoms with E-state index in [4.69, 9.17) is 14.2 Å². The monoisotopic (exact) mass is 879 g/mol. The van der Waals surface area contributed by atoms with E-state index in [1.165, 1.54) is 7.11 Å². The Bertz CT molecular complexity index is 2410. The number of carbonyl (C=O) groups excluding carboxylic acids is 5. The molecule has 6 aromatic rings. The van der Waals surface area contributed by atoms with Gasteiger partial charge in [0.1, 0.15) is 30.3 Å². The Morgan fingerprint density at radius 3 is 1.72 bits per heavy atom. The number of aromatic nitrogens is 1. The van der Waals surface area contributed by atoms with Gasteiger partial charge in [0.25, 0.3) is 0 Å². The summed E-state index contributed by atoms with van der Waals surface area (Å²) in [7, 11) is 1.20. The second kappa shape index (κ2) is 21.9. The molecule has 4 atom stereocenters. The first-order valence-electron chi connectivity index (χ1n) is 21.6. The molecule has 13 heteroatoms. The number of nitrogens with one attached hydrogen (secondary N) is 5. The summed E-state index contributed by atoms with van der Waals surface area (Å²) in [5, 5.41) is 12.4. The number of carbonyl (C=O) groups is 5. The largest absolute Gasteiger partial charge is 0.467 e. The number of rotatable bonds is 19. The van der Waals surface area contributed by atoms with Crippen LogP contribution >= 0.6 is 0 Å². The maximum Gasteiger partial charge on any atom is 0.408 e. The van der Waals surface area contributed by atoms with Gasteiger partial charge in [-0.05, 0) is 68.0 Å². The second-order valence-corrected chi connectivity index (χ2v) is 16.8. The van der Waals surface area contributed by atoms with Crippen LogP contribution in [0.15, 0.2) is 152 Å². The number of hydrogen-bond donors (Lipinski definition) is 5. The van der Waals surface area contributed by atoms with Crippen molar-refractivity contribution < 1.29 is 38.2 Å². The lowest BCUT2D eigenvalue weighted by atomic mass is 9.77. The predicted molar refractivity (Wildman–Crippen MR) is 248 cm³/mol. The van der Waals surface area contributed by atoms with Crippen LogP contribution < -0.4 is 21.3 Å². The highest BCUT2D eigenvalue weighted by Gasteiger charge is 2.39. The number of aromatic amines is 1. The van der Waals surface area contributed by atoms with Crippen molar-refractivity contribution in [2.24, 2.45) is 0 Å². The number of ether oxygens (including phenoxy) is 3. The molecule has 13 nitrogen and oxygen atoms in total. The van der Waals surface area contributed by atoms with E-state index in [0.717, 1.165) is 33.2 Å². The Hall–Kier alpha value is -7.25. The lowest BCUT2D eigenvalue weighted by molar-refractivity contribution is -0.145. The Labute approximate surface area is 379 Å². The van der Waals surface area contributed by atoms with Gasteiger partial charge in [-0.2, -0.15) is 0 Å². The van der Waals surface area contributed by atoms with Crippen molar-refractivity contribution in [1.82, 2.24) is 26.3 Å². The highest BCUT2D eigenvalue weighted by molar-refractivity contribution is 5.94. The van der Waals surface area contributed by atoms with Crippen molar-refractivity contribution in [2.45, 2.75) is 88.9 Å². The van der Waals surface area contributed by atoms with Gasteiger partial charge in [0.05, 0.1) is 18.8 Å². The van der Waals surface area contributed by atoms with E-state index < -0.39 is 65.2 Å². The first kappa shape index (κ1) is 47.2. The van der Waals surface area contributed by atoms with E-state index in [2.05, 4.69) is 26.3 Å². The molecule has 5 N–H and O–H groups in total. The van der Waals surface area contributed by atoms with Gasteiger partial charge in [-0.15, -0.1) is 0 Å². The SMILES string of the molecule is COC(=O)[C@H](CCC(=O)NC(c1ccccc1)(c1ccccc1)c1ccccc1)NC(=O)[C@H](Cc1c[nH]c2ccccc12)NC(=O)[C@@H](NC(=O)OCc1ccccc1)[C@@H](C)OC(C)(C)C. The van der Waals surface area contributed by atoms with Crippen LogP contribution in [-0.4, -0.2) is 71.7 Å². The number of methoxy groups -OCH3 is 1. The van der Waals surface area contributed by atoms with Crippen molar-refractivity contribution in [1.29, 1.82) is 0 Å². The molecule has 0 fully saturated rings. The molecule has 4 amide bonds. The number of esters is 1. The third-order valence-corrected chi connectivity index (χ3v) is 10.9.